The van der Waals surface area contributed by atoms with Gasteiger partial charge in [0.25, 0.3) is 0 Å². The molecule has 1 N–H and O–H groups in total. The van der Waals surface area contributed by atoms with Crippen molar-refractivity contribution >= 4 is 16.9 Å². The first-order chi connectivity index (χ1) is 14.5. The number of carbonyl (C=O) groups is 1. The quantitative estimate of drug-likeness (QED) is 0.391. The predicted molar refractivity (Wildman–Crippen MR) is 122 cm³/mol. The lowest BCUT2D eigenvalue weighted by molar-refractivity contribution is -0.117. The number of rotatable bonds is 10. The molecule has 0 aliphatic rings. The zero-order valence-corrected chi connectivity index (χ0v) is 18.2. The summed E-state index contributed by atoms with van der Waals surface area (Å²) in [7, 11) is 0. The van der Waals surface area contributed by atoms with E-state index in [1.165, 1.54) is 5.56 Å². The summed E-state index contributed by atoms with van der Waals surface area (Å²) in [5, 5.41) is 2.89. The largest absolute Gasteiger partial charge is 0.493 e. The minimum Gasteiger partial charge on any atom is -0.493 e. The topological polar surface area (TPSA) is 56.2 Å². The van der Waals surface area contributed by atoms with Gasteiger partial charge in [0, 0.05) is 25.1 Å². The molecular formula is C25H31N3O2. The van der Waals surface area contributed by atoms with E-state index < -0.39 is 0 Å². The highest BCUT2D eigenvalue weighted by Crippen LogP contribution is 2.20. The fourth-order valence-electron chi connectivity index (χ4n) is 3.43. The van der Waals surface area contributed by atoms with Gasteiger partial charge >= 0.3 is 0 Å². The summed E-state index contributed by atoms with van der Waals surface area (Å²) in [4.78, 5) is 16.5. The van der Waals surface area contributed by atoms with Gasteiger partial charge in [-0.1, -0.05) is 30.8 Å². The smallest absolute Gasteiger partial charge is 0.246 e. The second kappa shape index (κ2) is 10.1. The maximum atomic E-state index is 11.7. The van der Waals surface area contributed by atoms with Gasteiger partial charge in [0.2, 0.25) is 5.91 Å². The van der Waals surface area contributed by atoms with Crippen molar-refractivity contribution in [1.29, 1.82) is 0 Å². The van der Waals surface area contributed by atoms with Crippen LogP contribution in [0.3, 0.4) is 0 Å². The van der Waals surface area contributed by atoms with E-state index >= 15 is 0 Å². The van der Waals surface area contributed by atoms with Gasteiger partial charge in [0.05, 0.1) is 17.6 Å². The summed E-state index contributed by atoms with van der Waals surface area (Å²) in [5.74, 6) is 1.92. The number of para-hydroxylation sites is 2. The zero-order valence-electron chi connectivity index (χ0n) is 18.2. The Labute approximate surface area is 178 Å². The average Bonchev–Trinajstić information content (AvgIpc) is 3.08. The molecule has 3 rings (SSSR count). The maximum Gasteiger partial charge on any atom is 0.246 e. The van der Waals surface area contributed by atoms with Crippen molar-refractivity contribution < 1.29 is 9.53 Å². The molecule has 0 saturated carbocycles. The predicted octanol–water partition coefficient (Wildman–Crippen LogP) is 4.75. The van der Waals surface area contributed by atoms with E-state index in [-0.39, 0.29) is 5.91 Å². The number of aromatic nitrogens is 2. The van der Waals surface area contributed by atoms with E-state index in [4.69, 9.17) is 9.72 Å². The SMILES string of the molecule is C=C(C)C(=O)NCCCc1nc2ccccc2n1CCCOc1cc(C)ccc1C. The highest BCUT2D eigenvalue weighted by atomic mass is 16.5. The summed E-state index contributed by atoms with van der Waals surface area (Å²) in [6.07, 6.45) is 2.54. The molecule has 0 unspecified atom stereocenters. The lowest BCUT2D eigenvalue weighted by atomic mass is 10.1. The number of hydrogen-bond acceptors (Lipinski definition) is 3. The molecule has 0 aliphatic heterocycles. The van der Waals surface area contributed by atoms with Gasteiger partial charge in [-0.2, -0.15) is 0 Å². The van der Waals surface area contributed by atoms with Gasteiger partial charge < -0.3 is 14.6 Å². The zero-order chi connectivity index (χ0) is 21.5. The third-order valence-corrected chi connectivity index (χ3v) is 5.11. The molecule has 0 aliphatic carbocycles. The molecular weight excluding hydrogens is 374 g/mol. The number of aryl methyl sites for hydroxylation is 4. The van der Waals surface area contributed by atoms with E-state index in [2.05, 4.69) is 54.6 Å². The third kappa shape index (κ3) is 5.50. The van der Waals surface area contributed by atoms with Crippen LogP contribution >= 0.6 is 0 Å². The van der Waals surface area contributed by atoms with Gasteiger partial charge in [-0.25, -0.2) is 4.98 Å². The number of hydrogen-bond donors (Lipinski definition) is 1. The summed E-state index contributed by atoms with van der Waals surface area (Å²) in [6.45, 7) is 11.7. The maximum absolute atomic E-state index is 11.7. The minimum absolute atomic E-state index is 0.0907. The number of nitrogens with zero attached hydrogens (tertiary/aromatic N) is 2. The van der Waals surface area contributed by atoms with Crippen molar-refractivity contribution in [1.82, 2.24) is 14.9 Å². The Morgan fingerprint density at radius 1 is 1.17 bits per heavy atom. The van der Waals surface area contributed by atoms with E-state index in [9.17, 15) is 4.79 Å². The number of imidazole rings is 1. The highest BCUT2D eigenvalue weighted by Gasteiger charge is 2.11. The molecule has 1 aromatic heterocycles. The second-order valence-corrected chi connectivity index (χ2v) is 7.78. The first-order valence-corrected chi connectivity index (χ1v) is 10.5. The molecule has 3 aromatic rings. The molecule has 1 amide bonds. The van der Waals surface area contributed by atoms with Crippen LogP contribution in [-0.4, -0.2) is 28.6 Å². The van der Waals surface area contributed by atoms with E-state index in [0.717, 1.165) is 54.0 Å². The number of amides is 1. The van der Waals surface area contributed by atoms with Crippen molar-refractivity contribution in [2.75, 3.05) is 13.2 Å². The van der Waals surface area contributed by atoms with Gasteiger partial charge in [-0.15, -0.1) is 0 Å². The summed E-state index contributed by atoms with van der Waals surface area (Å²) < 4.78 is 8.31. The summed E-state index contributed by atoms with van der Waals surface area (Å²) >= 11 is 0. The number of ether oxygens (including phenoxy) is 1. The standard InChI is InChI=1S/C25H31N3O2/c1-18(2)25(29)26-14-7-11-24-27-21-9-5-6-10-22(21)28(24)15-8-16-30-23-17-19(3)12-13-20(23)4/h5-6,9-10,12-13,17H,1,7-8,11,14-16H2,2-4H3,(H,26,29). The van der Waals surface area contributed by atoms with Gasteiger partial charge in [-0.3, -0.25) is 4.79 Å². The molecule has 0 atom stereocenters. The first-order valence-electron chi connectivity index (χ1n) is 10.5. The van der Waals surface area contributed by atoms with Crippen LogP contribution in [0, 0.1) is 13.8 Å². The Morgan fingerprint density at radius 3 is 2.77 bits per heavy atom. The molecule has 0 saturated heterocycles. The van der Waals surface area contributed by atoms with E-state index in [0.29, 0.717) is 18.7 Å². The fraction of sp³-hybridized carbons (Fsp3) is 0.360. The monoisotopic (exact) mass is 405 g/mol. The number of nitrogens with one attached hydrogen (secondary N) is 1. The van der Waals surface area contributed by atoms with Crippen molar-refractivity contribution in [2.24, 2.45) is 0 Å². The summed E-state index contributed by atoms with van der Waals surface area (Å²) in [5.41, 5.74) is 5.05. The molecule has 158 valence electrons. The van der Waals surface area contributed by atoms with Crippen LogP contribution in [0.15, 0.2) is 54.6 Å². The Kier molecular flexibility index (Phi) is 7.28. The molecule has 0 radical (unpaired) electrons. The Balaban J connectivity index is 1.60. The van der Waals surface area contributed by atoms with Crippen LogP contribution in [0.5, 0.6) is 5.75 Å². The lowest BCUT2D eigenvalue weighted by Gasteiger charge is -2.12. The second-order valence-electron chi connectivity index (χ2n) is 7.78. The van der Waals surface area contributed by atoms with Crippen molar-refractivity contribution in [3.63, 3.8) is 0 Å². The molecule has 0 fully saturated rings. The van der Waals surface area contributed by atoms with Crippen LogP contribution in [0.4, 0.5) is 0 Å². The van der Waals surface area contributed by atoms with Crippen molar-refractivity contribution in [3.8, 4) is 5.75 Å². The molecule has 5 nitrogen and oxygen atoms in total. The van der Waals surface area contributed by atoms with Crippen LogP contribution < -0.4 is 10.1 Å². The Morgan fingerprint density at radius 2 is 1.97 bits per heavy atom. The Hall–Kier alpha value is -3.08. The van der Waals surface area contributed by atoms with Crippen molar-refractivity contribution in [3.05, 3.63) is 71.6 Å². The van der Waals surface area contributed by atoms with E-state index in [1.807, 2.05) is 18.2 Å². The molecule has 30 heavy (non-hydrogen) atoms. The number of carbonyl (C=O) groups excluding carboxylic acids is 1. The van der Waals surface area contributed by atoms with E-state index in [1.54, 1.807) is 6.92 Å². The van der Waals surface area contributed by atoms with Gasteiger partial charge in [0.15, 0.2) is 0 Å². The van der Waals surface area contributed by atoms with Gasteiger partial charge in [0.1, 0.15) is 11.6 Å². The number of fused-ring (bicyclic) bond motifs is 1. The fourth-order valence-corrected chi connectivity index (χ4v) is 3.43. The normalized spacial score (nSPS) is 10.9. The van der Waals surface area contributed by atoms with Crippen molar-refractivity contribution in [2.45, 2.75) is 46.6 Å². The van der Waals surface area contributed by atoms with Crippen LogP contribution in [0.25, 0.3) is 11.0 Å². The molecule has 1 heterocycles. The molecule has 0 spiro atoms. The molecule has 2 aromatic carbocycles. The number of benzene rings is 2. The average molecular weight is 406 g/mol. The molecule has 0 bridgehead atoms. The van der Waals surface area contributed by atoms with Crippen LogP contribution in [0.2, 0.25) is 0 Å². The van der Waals surface area contributed by atoms with Gasteiger partial charge in [-0.05, 0) is 62.9 Å². The minimum atomic E-state index is -0.0907. The Bertz CT molecular complexity index is 1040. The summed E-state index contributed by atoms with van der Waals surface area (Å²) in [6, 6.07) is 14.5. The lowest BCUT2D eigenvalue weighted by Crippen LogP contribution is -2.25. The van der Waals surface area contributed by atoms with Crippen LogP contribution in [0.1, 0.15) is 36.7 Å². The van der Waals surface area contributed by atoms with Crippen LogP contribution in [-0.2, 0) is 17.8 Å². The highest BCUT2D eigenvalue weighted by molar-refractivity contribution is 5.92. The third-order valence-electron chi connectivity index (χ3n) is 5.11. The molecule has 5 heteroatoms. The first kappa shape index (κ1) is 21.6.